The van der Waals surface area contributed by atoms with Crippen molar-refractivity contribution in [2.45, 2.75) is 23.6 Å². The van der Waals surface area contributed by atoms with E-state index < -0.39 is 5.37 Å². The average Bonchev–Trinajstić information content (AvgIpc) is 2.16. The minimum Gasteiger partial charge on any atom is -0.263 e. The van der Waals surface area contributed by atoms with Gasteiger partial charge in [-0.3, -0.25) is 10.1 Å². The smallest absolute Gasteiger partial charge is 0.262 e. The normalized spacial score (nSPS) is 12.4. The van der Waals surface area contributed by atoms with Crippen LogP contribution in [0.15, 0.2) is 29.2 Å². The molecule has 1 unspecified atom stereocenters. The van der Waals surface area contributed by atoms with Gasteiger partial charge in [0, 0.05) is 21.3 Å². The highest BCUT2D eigenvalue weighted by Gasteiger charge is 2.18. The highest BCUT2D eigenvalue weighted by atomic mass is 35.5. The molecule has 0 aliphatic carbocycles. The van der Waals surface area contributed by atoms with Gasteiger partial charge < -0.3 is 0 Å². The molecular formula is C9H10ClNO2S. The molecule has 0 fully saturated rings. The van der Waals surface area contributed by atoms with E-state index in [4.69, 9.17) is 11.6 Å². The lowest BCUT2D eigenvalue weighted by atomic mass is 10.4. The predicted octanol–water partition coefficient (Wildman–Crippen LogP) is 3.44. The highest BCUT2D eigenvalue weighted by Crippen LogP contribution is 2.26. The number of halogens is 1. The summed E-state index contributed by atoms with van der Waals surface area (Å²) in [6, 6.07) is 7.05. The quantitative estimate of drug-likeness (QED) is 0.345. The first-order chi connectivity index (χ1) is 6.63. The van der Waals surface area contributed by atoms with Crippen molar-refractivity contribution in [3.63, 3.8) is 0 Å². The van der Waals surface area contributed by atoms with E-state index in [-0.39, 0.29) is 4.92 Å². The van der Waals surface area contributed by atoms with E-state index in [2.05, 4.69) is 0 Å². The van der Waals surface area contributed by atoms with Crippen LogP contribution < -0.4 is 0 Å². The topological polar surface area (TPSA) is 43.1 Å². The fourth-order valence-electron chi connectivity index (χ4n) is 0.946. The molecule has 1 aromatic carbocycles. The summed E-state index contributed by atoms with van der Waals surface area (Å²) >= 11 is 6.95. The van der Waals surface area contributed by atoms with Gasteiger partial charge in [0.2, 0.25) is 0 Å². The van der Waals surface area contributed by atoms with E-state index in [9.17, 15) is 10.1 Å². The fraction of sp³-hybridized carbons (Fsp3) is 0.333. The van der Waals surface area contributed by atoms with Gasteiger partial charge in [-0.1, -0.05) is 18.5 Å². The van der Waals surface area contributed by atoms with Crippen LogP contribution in [-0.4, -0.2) is 10.3 Å². The van der Waals surface area contributed by atoms with Gasteiger partial charge in [-0.25, -0.2) is 0 Å². The van der Waals surface area contributed by atoms with Crippen molar-refractivity contribution < 1.29 is 4.92 Å². The Balaban J connectivity index is 2.67. The third kappa shape index (κ3) is 3.20. The number of hydrogen-bond acceptors (Lipinski definition) is 3. The molecule has 0 aliphatic heterocycles. The SMILES string of the molecule is CCC(Sc1ccc(Cl)cc1)[N+](=O)[O-]. The van der Waals surface area contributed by atoms with Crippen LogP contribution >= 0.6 is 23.4 Å². The third-order valence-electron chi connectivity index (χ3n) is 1.67. The maximum absolute atomic E-state index is 10.6. The van der Waals surface area contributed by atoms with Gasteiger partial charge in [0.25, 0.3) is 5.37 Å². The third-order valence-corrected chi connectivity index (χ3v) is 3.24. The molecule has 0 bridgehead atoms. The molecule has 0 heterocycles. The molecule has 1 atom stereocenters. The zero-order valence-electron chi connectivity index (χ0n) is 7.64. The summed E-state index contributed by atoms with van der Waals surface area (Å²) < 4.78 is 0. The van der Waals surface area contributed by atoms with Crippen LogP contribution in [0.5, 0.6) is 0 Å². The lowest BCUT2D eigenvalue weighted by Gasteiger charge is -2.05. The molecular weight excluding hydrogens is 222 g/mol. The number of nitrogens with zero attached hydrogens (tertiary/aromatic N) is 1. The van der Waals surface area contributed by atoms with Gasteiger partial charge >= 0.3 is 0 Å². The van der Waals surface area contributed by atoms with Crippen LogP contribution in [0.4, 0.5) is 0 Å². The summed E-state index contributed by atoms with van der Waals surface area (Å²) in [4.78, 5) is 11.2. The van der Waals surface area contributed by atoms with Crippen molar-refractivity contribution >= 4 is 23.4 Å². The molecule has 14 heavy (non-hydrogen) atoms. The highest BCUT2D eigenvalue weighted by molar-refractivity contribution is 7.99. The summed E-state index contributed by atoms with van der Waals surface area (Å²) in [5, 5.41) is 10.6. The average molecular weight is 232 g/mol. The Morgan fingerprint density at radius 3 is 2.50 bits per heavy atom. The second-order valence-electron chi connectivity index (χ2n) is 2.72. The zero-order chi connectivity index (χ0) is 10.6. The number of thioether (sulfide) groups is 1. The lowest BCUT2D eigenvalue weighted by molar-refractivity contribution is -0.495. The van der Waals surface area contributed by atoms with E-state index in [1.165, 1.54) is 11.8 Å². The van der Waals surface area contributed by atoms with Crippen molar-refractivity contribution in [3.05, 3.63) is 39.4 Å². The van der Waals surface area contributed by atoms with Crippen molar-refractivity contribution in [2.24, 2.45) is 0 Å². The van der Waals surface area contributed by atoms with Crippen LogP contribution in [0, 0.1) is 10.1 Å². The first kappa shape index (κ1) is 11.3. The minimum atomic E-state index is -0.573. The Hall–Kier alpha value is -0.740. The van der Waals surface area contributed by atoms with Crippen molar-refractivity contribution in [3.8, 4) is 0 Å². The zero-order valence-corrected chi connectivity index (χ0v) is 9.22. The summed E-state index contributed by atoms with van der Waals surface area (Å²) in [6.45, 7) is 1.80. The predicted molar refractivity (Wildman–Crippen MR) is 58.4 cm³/mol. The molecule has 1 aromatic rings. The number of benzene rings is 1. The second-order valence-corrected chi connectivity index (χ2v) is 4.41. The molecule has 3 nitrogen and oxygen atoms in total. The van der Waals surface area contributed by atoms with Crippen LogP contribution in [0.25, 0.3) is 0 Å². The summed E-state index contributed by atoms with van der Waals surface area (Å²) in [6.07, 6.45) is 0.514. The molecule has 0 N–H and O–H groups in total. The van der Waals surface area contributed by atoms with Crippen LogP contribution in [0.2, 0.25) is 5.02 Å². The Morgan fingerprint density at radius 2 is 2.07 bits per heavy atom. The maximum atomic E-state index is 10.6. The monoisotopic (exact) mass is 231 g/mol. The molecule has 0 aromatic heterocycles. The van der Waals surface area contributed by atoms with Crippen LogP contribution in [-0.2, 0) is 0 Å². The van der Waals surface area contributed by atoms with Crippen LogP contribution in [0.3, 0.4) is 0 Å². The molecule has 0 saturated heterocycles. The Morgan fingerprint density at radius 1 is 1.50 bits per heavy atom. The maximum Gasteiger partial charge on any atom is 0.262 e. The summed E-state index contributed by atoms with van der Waals surface area (Å²) in [5.41, 5.74) is 0. The van der Waals surface area contributed by atoms with E-state index in [0.717, 1.165) is 4.90 Å². The summed E-state index contributed by atoms with van der Waals surface area (Å²) in [5.74, 6) is 0. The lowest BCUT2D eigenvalue weighted by Crippen LogP contribution is -2.13. The van der Waals surface area contributed by atoms with Gasteiger partial charge in [-0.15, -0.1) is 0 Å². The van der Waals surface area contributed by atoms with Gasteiger partial charge in [0.05, 0.1) is 0 Å². The largest absolute Gasteiger partial charge is 0.263 e. The Bertz CT molecular complexity index is 315. The standard InChI is InChI=1S/C9H10ClNO2S/c1-2-9(11(12)13)14-8-5-3-7(10)4-6-8/h3-6,9H,2H2,1H3. The van der Waals surface area contributed by atoms with Gasteiger partial charge in [-0.2, -0.15) is 0 Å². The fourth-order valence-corrected chi connectivity index (χ4v) is 1.93. The van der Waals surface area contributed by atoms with Crippen LogP contribution in [0.1, 0.15) is 13.3 Å². The van der Waals surface area contributed by atoms with Gasteiger partial charge in [0.1, 0.15) is 0 Å². The van der Waals surface area contributed by atoms with E-state index >= 15 is 0 Å². The van der Waals surface area contributed by atoms with E-state index in [1.807, 2.05) is 0 Å². The number of hydrogen-bond donors (Lipinski definition) is 0. The molecule has 0 aliphatic rings. The minimum absolute atomic E-state index is 0.265. The Kier molecular flexibility index (Phi) is 4.22. The first-order valence-electron chi connectivity index (χ1n) is 4.19. The molecule has 0 saturated carbocycles. The van der Waals surface area contributed by atoms with E-state index in [1.54, 1.807) is 31.2 Å². The van der Waals surface area contributed by atoms with Crippen molar-refractivity contribution in [1.82, 2.24) is 0 Å². The first-order valence-corrected chi connectivity index (χ1v) is 5.45. The van der Waals surface area contributed by atoms with Gasteiger partial charge in [0.15, 0.2) is 0 Å². The molecule has 0 radical (unpaired) electrons. The Labute approximate surface area is 91.6 Å². The second kappa shape index (κ2) is 5.22. The molecule has 1 rings (SSSR count). The molecule has 76 valence electrons. The number of rotatable bonds is 4. The number of nitro groups is 1. The molecule has 0 spiro atoms. The summed E-state index contributed by atoms with van der Waals surface area (Å²) in [7, 11) is 0. The van der Waals surface area contributed by atoms with E-state index in [0.29, 0.717) is 11.4 Å². The van der Waals surface area contributed by atoms with Crippen molar-refractivity contribution in [1.29, 1.82) is 0 Å². The molecule has 0 amide bonds. The van der Waals surface area contributed by atoms with Crippen molar-refractivity contribution in [2.75, 3.05) is 0 Å². The molecule has 5 heteroatoms. The van der Waals surface area contributed by atoms with Gasteiger partial charge in [-0.05, 0) is 36.0 Å².